The van der Waals surface area contributed by atoms with Gasteiger partial charge in [0.05, 0.1) is 22.8 Å². The number of primary amides is 1. The summed E-state index contributed by atoms with van der Waals surface area (Å²) in [4.78, 5) is 22.6. The van der Waals surface area contributed by atoms with Crippen LogP contribution in [0.1, 0.15) is 5.56 Å². The lowest BCUT2D eigenvalue weighted by atomic mass is 10.1. The topological polar surface area (TPSA) is 98.0 Å². The second kappa shape index (κ2) is 8.54. The minimum Gasteiger partial charge on any atom is -0.369 e. The van der Waals surface area contributed by atoms with E-state index in [2.05, 4.69) is 15.5 Å². The molecule has 0 saturated heterocycles. The van der Waals surface area contributed by atoms with Crippen molar-refractivity contribution in [3.8, 4) is 0 Å². The molecule has 1 aromatic carbocycles. The molecule has 2 aromatic rings. The SMILES string of the molecule is NC(=O)CSc1nnc(SCC(=O)Nc2ccccc2C(F)(F)F)s1. The molecule has 0 atom stereocenters. The molecule has 0 aliphatic carbocycles. The van der Waals surface area contributed by atoms with E-state index in [0.29, 0.717) is 8.68 Å². The summed E-state index contributed by atoms with van der Waals surface area (Å²) in [5, 5.41) is 9.89. The smallest absolute Gasteiger partial charge is 0.369 e. The fourth-order valence-electron chi connectivity index (χ4n) is 1.60. The van der Waals surface area contributed by atoms with Crippen molar-refractivity contribution in [3.05, 3.63) is 29.8 Å². The van der Waals surface area contributed by atoms with Crippen molar-refractivity contribution < 1.29 is 22.8 Å². The predicted octanol–water partition coefficient (Wildman–Crippen LogP) is 2.87. The van der Waals surface area contributed by atoms with Gasteiger partial charge in [0.1, 0.15) is 0 Å². The van der Waals surface area contributed by atoms with Gasteiger partial charge in [-0.1, -0.05) is 47.0 Å². The molecule has 12 heteroatoms. The van der Waals surface area contributed by atoms with Crippen molar-refractivity contribution in [2.75, 3.05) is 16.8 Å². The van der Waals surface area contributed by atoms with E-state index in [1.807, 2.05) is 0 Å². The lowest BCUT2D eigenvalue weighted by molar-refractivity contribution is -0.137. The maximum atomic E-state index is 12.9. The summed E-state index contributed by atoms with van der Waals surface area (Å²) >= 11 is 3.33. The average molecular weight is 408 g/mol. The van der Waals surface area contributed by atoms with Gasteiger partial charge in [-0.3, -0.25) is 9.59 Å². The van der Waals surface area contributed by atoms with Crippen molar-refractivity contribution in [2.24, 2.45) is 5.73 Å². The van der Waals surface area contributed by atoms with E-state index < -0.39 is 23.6 Å². The molecule has 0 aliphatic heterocycles. The van der Waals surface area contributed by atoms with Gasteiger partial charge in [0.25, 0.3) is 0 Å². The number of nitrogens with zero attached hydrogens (tertiary/aromatic N) is 2. The van der Waals surface area contributed by atoms with E-state index in [1.165, 1.54) is 29.5 Å². The van der Waals surface area contributed by atoms with E-state index in [1.54, 1.807) is 0 Å². The molecular weight excluding hydrogens is 397 g/mol. The molecule has 6 nitrogen and oxygen atoms in total. The second-order valence-electron chi connectivity index (χ2n) is 4.47. The molecule has 0 bridgehead atoms. The molecule has 0 aliphatic rings. The molecule has 1 aromatic heterocycles. The third-order valence-electron chi connectivity index (χ3n) is 2.56. The van der Waals surface area contributed by atoms with Crippen LogP contribution in [-0.4, -0.2) is 33.5 Å². The van der Waals surface area contributed by atoms with Crippen LogP contribution in [0.2, 0.25) is 0 Å². The maximum absolute atomic E-state index is 12.9. The summed E-state index contributed by atoms with van der Waals surface area (Å²) in [6.07, 6.45) is -4.55. The van der Waals surface area contributed by atoms with E-state index in [4.69, 9.17) is 5.73 Å². The van der Waals surface area contributed by atoms with Crippen molar-refractivity contribution in [1.29, 1.82) is 0 Å². The minimum atomic E-state index is -4.55. The van der Waals surface area contributed by atoms with Gasteiger partial charge < -0.3 is 11.1 Å². The van der Waals surface area contributed by atoms with Gasteiger partial charge in [0.2, 0.25) is 11.8 Å². The summed E-state index contributed by atoms with van der Waals surface area (Å²) in [6.45, 7) is 0. The summed E-state index contributed by atoms with van der Waals surface area (Å²) < 4.78 is 39.6. The number of para-hydroxylation sites is 1. The first-order valence-electron chi connectivity index (χ1n) is 6.59. The summed E-state index contributed by atoms with van der Waals surface area (Å²) in [7, 11) is 0. The molecule has 0 unspecified atom stereocenters. The van der Waals surface area contributed by atoms with Crippen molar-refractivity contribution in [3.63, 3.8) is 0 Å². The Morgan fingerprint density at radius 1 is 1.12 bits per heavy atom. The number of hydrogen-bond acceptors (Lipinski definition) is 7. The van der Waals surface area contributed by atoms with Crippen molar-refractivity contribution in [1.82, 2.24) is 10.2 Å². The zero-order valence-corrected chi connectivity index (χ0v) is 14.8. The first-order chi connectivity index (χ1) is 11.8. The molecular formula is C13H11F3N4O2S3. The number of rotatable bonds is 7. The second-order valence-corrected chi connectivity index (χ2v) is 7.89. The zero-order valence-electron chi connectivity index (χ0n) is 12.4. The Balaban J connectivity index is 1.91. The van der Waals surface area contributed by atoms with Crippen LogP contribution >= 0.6 is 34.9 Å². The van der Waals surface area contributed by atoms with Crippen molar-refractivity contribution in [2.45, 2.75) is 14.9 Å². The lowest BCUT2D eigenvalue weighted by Crippen LogP contribution is -2.18. The highest BCUT2D eigenvalue weighted by molar-refractivity contribution is 8.03. The minimum absolute atomic E-state index is 0.0635. The van der Waals surface area contributed by atoms with Crippen LogP contribution in [0.4, 0.5) is 18.9 Å². The van der Waals surface area contributed by atoms with Gasteiger partial charge in [0, 0.05) is 0 Å². The van der Waals surface area contributed by atoms with Crippen LogP contribution in [0.3, 0.4) is 0 Å². The third-order valence-corrected chi connectivity index (χ3v) is 5.77. The van der Waals surface area contributed by atoms with Gasteiger partial charge in [-0.25, -0.2) is 0 Å². The molecule has 25 heavy (non-hydrogen) atoms. The number of halogens is 3. The van der Waals surface area contributed by atoms with Crippen LogP contribution in [0.15, 0.2) is 32.9 Å². The van der Waals surface area contributed by atoms with Gasteiger partial charge >= 0.3 is 6.18 Å². The number of amides is 2. The number of carbonyl (C=O) groups excluding carboxylic acids is 2. The molecule has 0 saturated carbocycles. The Bertz CT molecular complexity index is 767. The first kappa shape index (κ1) is 19.5. The van der Waals surface area contributed by atoms with Gasteiger partial charge in [-0.2, -0.15) is 13.2 Å². The average Bonchev–Trinajstić information content (AvgIpc) is 2.98. The van der Waals surface area contributed by atoms with Crippen LogP contribution in [0.25, 0.3) is 0 Å². The van der Waals surface area contributed by atoms with Gasteiger partial charge in [0.15, 0.2) is 8.68 Å². The Hall–Kier alpha value is -1.79. The van der Waals surface area contributed by atoms with Crippen LogP contribution < -0.4 is 11.1 Å². The predicted molar refractivity (Wildman–Crippen MR) is 90.6 cm³/mol. The summed E-state index contributed by atoms with van der Waals surface area (Å²) in [5.41, 5.74) is 3.82. The monoisotopic (exact) mass is 408 g/mol. The molecule has 3 N–H and O–H groups in total. The number of alkyl halides is 3. The number of nitrogens with two attached hydrogens (primary N) is 1. The molecule has 2 amide bonds. The van der Waals surface area contributed by atoms with Crippen LogP contribution in [0, 0.1) is 0 Å². The standard InChI is InChI=1S/C13H11F3N4O2S3/c14-13(15,16)7-3-1-2-4-8(7)18-10(22)6-24-12-20-19-11(25-12)23-5-9(17)21/h1-4H,5-6H2,(H2,17,21)(H,18,22). The Kier molecular flexibility index (Phi) is 6.67. The highest BCUT2D eigenvalue weighted by Crippen LogP contribution is 2.35. The summed E-state index contributed by atoms with van der Waals surface area (Å²) in [5.74, 6) is -1.14. The first-order valence-corrected chi connectivity index (χ1v) is 9.38. The number of benzene rings is 1. The Labute approximate surface area is 152 Å². The lowest BCUT2D eigenvalue weighted by Gasteiger charge is -2.13. The van der Waals surface area contributed by atoms with Gasteiger partial charge in [-0.15, -0.1) is 10.2 Å². The maximum Gasteiger partial charge on any atom is 0.418 e. The van der Waals surface area contributed by atoms with Crippen molar-refractivity contribution >= 4 is 52.4 Å². The Morgan fingerprint density at radius 3 is 2.32 bits per heavy atom. The third kappa shape index (κ3) is 6.21. The number of hydrogen-bond donors (Lipinski definition) is 2. The van der Waals surface area contributed by atoms with E-state index in [-0.39, 0.29) is 17.2 Å². The molecule has 0 fully saturated rings. The molecule has 0 radical (unpaired) electrons. The largest absolute Gasteiger partial charge is 0.418 e. The molecule has 1 heterocycles. The number of nitrogens with one attached hydrogen (secondary N) is 1. The van der Waals surface area contributed by atoms with E-state index >= 15 is 0 Å². The van der Waals surface area contributed by atoms with Crippen LogP contribution in [0.5, 0.6) is 0 Å². The normalized spacial score (nSPS) is 11.3. The molecule has 134 valence electrons. The number of anilines is 1. The molecule has 0 spiro atoms. The molecule has 2 rings (SSSR count). The van der Waals surface area contributed by atoms with E-state index in [9.17, 15) is 22.8 Å². The number of thioether (sulfide) groups is 2. The van der Waals surface area contributed by atoms with E-state index in [0.717, 1.165) is 29.6 Å². The Morgan fingerprint density at radius 2 is 1.72 bits per heavy atom. The quantitative estimate of drug-likeness (QED) is 0.684. The highest BCUT2D eigenvalue weighted by atomic mass is 32.2. The van der Waals surface area contributed by atoms with Crippen LogP contribution in [-0.2, 0) is 15.8 Å². The van der Waals surface area contributed by atoms with Gasteiger partial charge in [-0.05, 0) is 12.1 Å². The zero-order chi connectivity index (χ0) is 18.4. The number of aromatic nitrogens is 2. The fraction of sp³-hybridized carbons (Fsp3) is 0.231. The fourth-order valence-corrected chi connectivity index (χ4v) is 4.16. The summed E-state index contributed by atoms with van der Waals surface area (Å²) in [6, 6.07) is 4.75. The number of carbonyl (C=O) groups is 2. The highest BCUT2D eigenvalue weighted by Gasteiger charge is 2.33.